The zero-order valence-corrected chi connectivity index (χ0v) is 8.07. The Balaban J connectivity index is 1.95. The van der Waals surface area contributed by atoms with Crippen molar-refractivity contribution in [1.82, 2.24) is 10.3 Å². The molecule has 0 aliphatic carbocycles. The molecule has 0 aromatic carbocycles. The summed E-state index contributed by atoms with van der Waals surface area (Å²) in [6, 6.07) is 5.46. The van der Waals surface area contributed by atoms with E-state index in [0.717, 1.165) is 25.9 Å². The van der Waals surface area contributed by atoms with E-state index in [4.69, 9.17) is 10.5 Å². The van der Waals surface area contributed by atoms with Crippen LogP contribution in [0.3, 0.4) is 0 Å². The number of piperidine rings is 1. The Morgan fingerprint density at radius 2 is 2.14 bits per heavy atom. The van der Waals surface area contributed by atoms with Crippen LogP contribution in [0, 0.1) is 0 Å². The predicted molar refractivity (Wildman–Crippen MR) is 55.2 cm³/mol. The number of pyridine rings is 1. The van der Waals surface area contributed by atoms with E-state index in [1.165, 1.54) is 0 Å². The number of nitrogens with one attached hydrogen (secondary N) is 1. The highest BCUT2D eigenvalue weighted by molar-refractivity contribution is 5.31. The van der Waals surface area contributed by atoms with Crippen LogP contribution in [0.4, 0.5) is 5.82 Å². The Morgan fingerprint density at radius 1 is 1.36 bits per heavy atom. The van der Waals surface area contributed by atoms with Crippen molar-refractivity contribution in [2.45, 2.75) is 18.9 Å². The third kappa shape index (κ3) is 2.35. The van der Waals surface area contributed by atoms with E-state index >= 15 is 0 Å². The maximum Gasteiger partial charge on any atom is 0.215 e. The zero-order chi connectivity index (χ0) is 9.80. The van der Waals surface area contributed by atoms with Crippen molar-refractivity contribution < 1.29 is 4.74 Å². The monoisotopic (exact) mass is 193 g/mol. The van der Waals surface area contributed by atoms with Crippen molar-refractivity contribution in [3.8, 4) is 5.88 Å². The van der Waals surface area contributed by atoms with E-state index < -0.39 is 0 Å². The maximum atomic E-state index is 5.70. The Kier molecular flexibility index (Phi) is 2.84. The van der Waals surface area contributed by atoms with Gasteiger partial charge < -0.3 is 15.8 Å². The number of ether oxygens (including phenoxy) is 1. The second-order valence-electron chi connectivity index (χ2n) is 3.47. The molecular weight excluding hydrogens is 178 g/mol. The van der Waals surface area contributed by atoms with E-state index in [0.29, 0.717) is 11.7 Å². The van der Waals surface area contributed by atoms with E-state index in [1.807, 2.05) is 12.1 Å². The van der Waals surface area contributed by atoms with Crippen LogP contribution in [0.25, 0.3) is 0 Å². The number of rotatable bonds is 2. The highest BCUT2D eigenvalue weighted by Gasteiger charge is 2.14. The summed E-state index contributed by atoms with van der Waals surface area (Å²) in [5.74, 6) is 1.15. The van der Waals surface area contributed by atoms with Gasteiger partial charge >= 0.3 is 0 Å². The summed E-state index contributed by atoms with van der Waals surface area (Å²) in [6.07, 6.45) is 2.36. The fourth-order valence-electron chi connectivity index (χ4n) is 1.58. The van der Waals surface area contributed by atoms with Crippen LogP contribution < -0.4 is 15.8 Å². The normalized spacial score (nSPS) is 18.0. The molecule has 1 saturated heterocycles. The largest absolute Gasteiger partial charge is 0.474 e. The first-order chi connectivity index (χ1) is 6.84. The summed E-state index contributed by atoms with van der Waals surface area (Å²) in [7, 11) is 0. The first-order valence-electron chi connectivity index (χ1n) is 4.94. The molecule has 2 heterocycles. The lowest BCUT2D eigenvalue weighted by molar-refractivity contribution is 0.156. The predicted octanol–water partition coefficient (Wildman–Crippen LogP) is 0.795. The summed E-state index contributed by atoms with van der Waals surface area (Å²) < 4.78 is 5.70. The van der Waals surface area contributed by atoms with Gasteiger partial charge in [0.05, 0.1) is 0 Å². The first-order valence-corrected chi connectivity index (χ1v) is 4.94. The molecule has 0 atom stereocenters. The molecule has 4 heteroatoms. The molecule has 1 aromatic heterocycles. The minimum atomic E-state index is 0.283. The summed E-state index contributed by atoms with van der Waals surface area (Å²) in [4.78, 5) is 4.10. The minimum Gasteiger partial charge on any atom is -0.474 e. The van der Waals surface area contributed by atoms with Gasteiger partial charge in [-0.25, -0.2) is 0 Å². The highest BCUT2D eigenvalue weighted by Crippen LogP contribution is 2.14. The van der Waals surface area contributed by atoms with Gasteiger partial charge in [-0.3, -0.25) is 0 Å². The van der Waals surface area contributed by atoms with Crippen LogP contribution in [-0.2, 0) is 0 Å². The first kappa shape index (κ1) is 9.27. The Bertz CT molecular complexity index is 297. The molecule has 0 bridgehead atoms. The minimum absolute atomic E-state index is 0.283. The van der Waals surface area contributed by atoms with Gasteiger partial charge in [0.25, 0.3) is 0 Å². The van der Waals surface area contributed by atoms with Gasteiger partial charge in [0.2, 0.25) is 5.88 Å². The van der Waals surface area contributed by atoms with Crippen molar-refractivity contribution >= 4 is 5.82 Å². The van der Waals surface area contributed by atoms with Crippen molar-refractivity contribution in [2.75, 3.05) is 18.8 Å². The molecule has 1 aliphatic heterocycles. The van der Waals surface area contributed by atoms with Gasteiger partial charge in [0.1, 0.15) is 11.9 Å². The lowest BCUT2D eigenvalue weighted by Gasteiger charge is -2.23. The molecule has 1 fully saturated rings. The lowest BCUT2D eigenvalue weighted by atomic mass is 10.1. The second kappa shape index (κ2) is 4.28. The molecule has 4 nitrogen and oxygen atoms in total. The molecular formula is C10H15N3O. The Hall–Kier alpha value is -1.29. The van der Waals surface area contributed by atoms with Crippen molar-refractivity contribution in [1.29, 1.82) is 0 Å². The number of aromatic nitrogens is 1. The summed E-state index contributed by atoms with van der Waals surface area (Å²) >= 11 is 0. The molecule has 0 unspecified atom stereocenters. The van der Waals surface area contributed by atoms with Crippen LogP contribution in [0.2, 0.25) is 0 Å². The number of nitrogen functional groups attached to an aromatic ring is 1. The number of nitrogens with zero attached hydrogens (tertiary/aromatic N) is 1. The van der Waals surface area contributed by atoms with Crippen molar-refractivity contribution in [3.05, 3.63) is 18.2 Å². The molecule has 14 heavy (non-hydrogen) atoms. The zero-order valence-electron chi connectivity index (χ0n) is 8.07. The third-order valence-corrected chi connectivity index (χ3v) is 2.32. The maximum absolute atomic E-state index is 5.70. The fourth-order valence-corrected chi connectivity index (χ4v) is 1.58. The quantitative estimate of drug-likeness (QED) is 0.729. The smallest absolute Gasteiger partial charge is 0.215 e. The van der Waals surface area contributed by atoms with E-state index in [-0.39, 0.29) is 6.10 Å². The van der Waals surface area contributed by atoms with Crippen LogP contribution in [-0.4, -0.2) is 24.2 Å². The van der Waals surface area contributed by atoms with E-state index in [1.54, 1.807) is 6.07 Å². The Labute approximate surface area is 83.5 Å². The topological polar surface area (TPSA) is 60.2 Å². The summed E-state index contributed by atoms with van der Waals surface area (Å²) in [5, 5.41) is 3.29. The molecule has 0 amide bonds. The van der Waals surface area contributed by atoms with Crippen molar-refractivity contribution in [2.24, 2.45) is 0 Å². The van der Waals surface area contributed by atoms with Gasteiger partial charge in [0, 0.05) is 6.07 Å². The molecule has 3 N–H and O–H groups in total. The van der Waals surface area contributed by atoms with Gasteiger partial charge in [0.15, 0.2) is 0 Å². The highest BCUT2D eigenvalue weighted by atomic mass is 16.5. The number of nitrogens with two attached hydrogens (primary N) is 1. The van der Waals surface area contributed by atoms with Gasteiger partial charge in [-0.05, 0) is 32.0 Å². The third-order valence-electron chi connectivity index (χ3n) is 2.32. The van der Waals surface area contributed by atoms with Crippen LogP contribution in [0.5, 0.6) is 5.88 Å². The number of anilines is 1. The molecule has 0 saturated carbocycles. The van der Waals surface area contributed by atoms with E-state index in [2.05, 4.69) is 10.3 Å². The molecule has 0 radical (unpaired) electrons. The molecule has 0 spiro atoms. The number of hydrogen-bond donors (Lipinski definition) is 2. The second-order valence-corrected chi connectivity index (χ2v) is 3.47. The van der Waals surface area contributed by atoms with Crippen LogP contribution in [0.15, 0.2) is 18.2 Å². The number of hydrogen-bond acceptors (Lipinski definition) is 4. The van der Waals surface area contributed by atoms with Gasteiger partial charge in [-0.2, -0.15) is 4.98 Å². The fraction of sp³-hybridized carbons (Fsp3) is 0.500. The van der Waals surface area contributed by atoms with Gasteiger partial charge in [-0.15, -0.1) is 0 Å². The van der Waals surface area contributed by atoms with Gasteiger partial charge in [-0.1, -0.05) is 6.07 Å². The van der Waals surface area contributed by atoms with E-state index in [9.17, 15) is 0 Å². The average molecular weight is 193 g/mol. The molecule has 1 aromatic rings. The van der Waals surface area contributed by atoms with Crippen LogP contribution >= 0.6 is 0 Å². The molecule has 2 rings (SSSR count). The lowest BCUT2D eigenvalue weighted by Crippen LogP contribution is -2.34. The van der Waals surface area contributed by atoms with Crippen molar-refractivity contribution in [3.63, 3.8) is 0 Å². The summed E-state index contributed by atoms with van der Waals surface area (Å²) in [5.41, 5.74) is 5.56. The average Bonchev–Trinajstić information content (AvgIpc) is 2.19. The molecule has 1 aliphatic rings. The molecule has 76 valence electrons. The Morgan fingerprint density at radius 3 is 2.86 bits per heavy atom. The SMILES string of the molecule is Nc1cccc(OC2CCNCC2)n1. The van der Waals surface area contributed by atoms with Crippen LogP contribution in [0.1, 0.15) is 12.8 Å². The standard InChI is InChI=1S/C10H15N3O/c11-9-2-1-3-10(13-9)14-8-4-6-12-7-5-8/h1-3,8,12H,4-7H2,(H2,11,13). The summed E-state index contributed by atoms with van der Waals surface area (Å²) in [6.45, 7) is 2.04.